The highest BCUT2D eigenvalue weighted by molar-refractivity contribution is 5.89. The number of nitrogens with zero attached hydrogens (tertiary/aromatic N) is 1. The molecule has 1 saturated heterocycles. The second-order valence-electron chi connectivity index (χ2n) is 5.42. The zero-order chi connectivity index (χ0) is 15.9. The number of carbonyl (C=O) groups is 3. The van der Waals surface area contributed by atoms with Gasteiger partial charge in [-0.1, -0.05) is 12.1 Å². The quantitative estimate of drug-likeness (QED) is 0.849. The summed E-state index contributed by atoms with van der Waals surface area (Å²) in [7, 11) is 0. The first kappa shape index (κ1) is 16.0. The summed E-state index contributed by atoms with van der Waals surface area (Å²) in [4.78, 5) is 36.4. The molecule has 2 N–H and O–H groups in total. The van der Waals surface area contributed by atoms with Crippen LogP contribution in [-0.2, 0) is 20.8 Å². The lowest BCUT2D eigenvalue weighted by molar-refractivity contribution is -0.131. The number of likely N-dealkylation sites (tertiary alicyclic amines) is 1. The minimum atomic E-state index is -0.181. The van der Waals surface area contributed by atoms with E-state index < -0.39 is 0 Å². The van der Waals surface area contributed by atoms with Gasteiger partial charge >= 0.3 is 0 Å². The normalized spacial score (nSPS) is 13.8. The fourth-order valence-corrected chi connectivity index (χ4v) is 2.41. The van der Waals surface area contributed by atoms with Gasteiger partial charge < -0.3 is 15.5 Å². The molecule has 1 aromatic carbocycles. The summed E-state index contributed by atoms with van der Waals surface area (Å²) in [5.74, 6) is -0.336. The summed E-state index contributed by atoms with van der Waals surface area (Å²) in [5, 5.41) is 5.32. The number of anilines is 1. The molecular formula is C16H21N3O3. The van der Waals surface area contributed by atoms with Gasteiger partial charge in [-0.2, -0.15) is 0 Å². The highest BCUT2D eigenvalue weighted by atomic mass is 16.2. The molecule has 2 rings (SSSR count). The lowest BCUT2D eigenvalue weighted by Gasteiger charge is -2.15. The second kappa shape index (κ2) is 7.59. The number of hydrogen-bond donors (Lipinski definition) is 2. The second-order valence-corrected chi connectivity index (χ2v) is 5.42. The molecule has 6 nitrogen and oxygen atoms in total. The van der Waals surface area contributed by atoms with Gasteiger partial charge in [0.25, 0.3) is 0 Å². The van der Waals surface area contributed by atoms with E-state index in [4.69, 9.17) is 0 Å². The van der Waals surface area contributed by atoms with Gasteiger partial charge in [-0.25, -0.2) is 0 Å². The van der Waals surface area contributed by atoms with E-state index in [2.05, 4.69) is 10.6 Å². The van der Waals surface area contributed by atoms with E-state index in [9.17, 15) is 14.4 Å². The van der Waals surface area contributed by atoms with Crippen molar-refractivity contribution in [3.63, 3.8) is 0 Å². The van der Waals surface area contributed by atoms with E-state index in [1.165, 1.54) is 6.92 Å². The van der Waals surface area contributed by atoms with Crippen LogP contribution in [0.5, 0.6) is 0 Å². The van der Waals surface area contributed by atoms with Crippen LogP contribution in [0.4, 0.5) is 5.69 Å². The lowest BCUT2D eigenvalue weighted by atomic mass is 10.1. The van der Waals surface area contributed by atoms with Gasteiger partial charge in [0.1, 0.15) is 0 Å². The van der Waals surface area contributed by atoms with Crippen molar-refractivity contribution in [1.82, 2.24) is 10.2 Å². The standard InChI is InChI=1S/C16H21N3O3/c1-12(20)18-14-6-4-13(5-7-14)10-15(21)17-11-16(22)19-8-2-3-9-19/h4-7H,2-3,8-11H2,1H3,(H,17,21)(H,18,20). The van der Waals surface area contributed by atoms with Gasteiger partial charge in [-0.3, -0.25) is 14.4 Å². The minimum absolute atomic E-state index is 0.0214. The Hall–Kier alpha value is -2.37. The lowest BCUT2D eigenvalue weighted by Crippen LogP contribution is -2.39. The molecule has 1 aliphatic heterocycles. The van der Waals surface area contributed by atoms with Crippen molar-refractivity contribution >= 4 is 23.4 Å². The maximum Gasteiger partial charge on any atom is 0.241 e. The smallest absolute Gasteiger partial charge is 0.241 e. The first-order chi connectivity index (χ1) is 10.5. The van der Waals surface area contributed by atoms with E-state index in [0.717, 1.165) is 31.5 Å². The van der Waals surface area contributed by atoms with Gasteiger partial charge in [0.15, 0.2) is 0 Å². The molecule has 0 radical (unpaired) electrons. The molecule has 0 aliphatic carbocycles. The number of nitrogens with one attached hydrogen (secondary N) is 2. The molecule has 1 aliphatic rings. The van der Waals surface area contributed by atoms with Gasteiger partial charge in [0, 0.05) is 25.7 Å². The van der Waals surface area contributed by atoms with Crippen LogP contribution in [0, 0.1) is 0 Å². The minimum Gasteiger partial charge on any atom is -0.347 e. The molecule has 0 spiro atoms. The first-order valence-electron chi connectivity index (χ1n) is 7.45. The molecule has 0 atom stereocenters. The summed E-state index contributed by atoms with van der Waals surface area (Å²) in [6.45, 7) is 3.08. The van der Waals surface area contributed by atoms with Crippen LogP contribution in [0.1, 0.15) is 25.3 Å². The van der Waals surface area contributed by atoms with Crippen molar-refractivity contribution in [1.29, 1.82) is 0 Å². The fourth-order valence-electron chi connectivity index (χ4n) is 2.41. The van der Waals surface area contributed by atoms with Crippen LogP contribution in [0.2, 0.25) is 0 Å². The van der Waals surface area contributed by atoms with Crippen LogP contribution >= 0.6 is 0 Å². The molecule has 22 heavy (non-hydrogen) atoms. The van der Waals surface area contributed by atoms with E-state index in [1.54, 1.807) is 29.2 Å². The SMILES string of the molecule is CC(=O)Nc1ccc(CC(=O)NCC(=O)N2CCCC2)cc1. The number of rotatable bonds is 5. The maximum atomic E-state index is 11.8. The van der Waals surface area contributed by atoms with E-state index in [0.29, 0.717) is 5.69 Å². The van der Waals surface area contributed by atoms with Crippen molar-refractivity contribution in [3.8, 4) is 0 Å². The third kappa shape index (κ3) is 4.87. The fraction of sp³-hybridized carbons (Fsp3) is 0.438. The largest absolute Gasteiger partial charge is 0.347 e. The summed E-state index contributed by atoms with van der Waals surface area (Å²) in [5.41, 5.74) is 1.53. The predicted octanol–water partition coefficient (Wildman–Crippen LogP) is 0.926. The highest BCUT2D eigenvalue weighted by Crippen LogP contribution is 2.10. The van der Waals surface area contributed by atoms with Crippen molar-refractivity contribution in [3.05, 3.63) is 29.8 Å². The monoisotopic (exact) mass is 303 g/mol. The van der Waals surface area contributed by atoms with Crippen molar-refractivity contribution < 1.29 is 14.4 Å². The Morgan fingerprint density at radius 2 is 1.73 bits per heavy atom. The Labute approximate surface area is 129 Å². The molecule has 1 fully saturated rings. The Kier molecular flexibility index (Phi) is 5.52. The van der Waals surface area contributed by atoms with Crippen LogP contribution in [-0.4, -0.2) is 42.3 Å². The maximum absolute atomic E-state index is 11.8. The van der Waals surface area contributed by atoms with E-state index >= 15 is 0 Å². The summed E-state index contributed by atoms with van der Waals surface area (Å²) >= 11 is 0. The van der Waals surface area contributed by atoms with Gasteiger partial charge in [-0.15, -0.1) is 0 Å². The molecule has 0 unspecified atom stereocenters. The number of hydrogen-bond acceptors (Lipinski definition) is 3. The van der Waals surface area contributed by atoms with Crippen LogP contribution < -0.4 is 10.6 Å². The molecule has 118 valence electrons. The predicted molar refractivity (Wildman–Crippen MR) is 83.3 cm³/mol. The summed E-state index contributed by atoms with van der Waals surface area (Å²) in [6, 6.07) is 7.07. The van der Waals surface area contributed by atoms with Gasteiger partial charge in [0.05, 0.1) is 13.0 Å². The Morgan fingerprint density at radius 3 is 2.32 bits per heavy atom. The van der Waals surface area contributed by atoms with Crippen molar-refractivity contribution in [2.45, 2.75) is 26.2 Å². The zero-order valence-corrected chi connectivity index (χ0v) is 12.7. The van der Waals surface area contributed by atoms with Gasteiger partial charge in [-0.05, 0) is 30.5 Å². The molecule has 1 aromatic rings. The molecule has 0 saturated carbocycles. The molecular weight excluding hydrogens is 282 g/mol. The van der Waals surface area contributed by atoms with Crippen molar-refractivity contribution in [2.75, 3.05) is 25.0 Å². The van der Waals surface area contributed by atoms with Crippen LogP contribution in [0.25, 0.3) is 0 Å². The topological polar surface area (TPSA) is 78.5 Å². The van der Waals surface area contributed by atoms with Crippen molar-refractivity contribution in [2.24, 2.45) is 0 Å². The third-order valence-electron chi connectivity index (χ3n) is 3.53. The molecule has 1 heterocycles. The zero-order valence-electron chi connectivity index (χ0n) is 12.7. The van der Waals surface area contributed by atoms with Crippen LogP contribution in [0.3, 0.4) is 0 Å². The summed E-state index contributed by atoms with van der Waals surface area (Å²) in [6.07, 6.45) is 2.30. The number of benzene rings is 1. The third-order valence-corrected chi connectivity index (χ3v) is 3.53. The Bertz CT molecular complexity index is 548. The number of carbonyl (C=O) groups excluding carboxylic acids is 3. The average molecular weight is 303 g/mol. The molecule has 0 bridgehead atoms. The average Bonchev–Trinajstić information content (AvgIpc) is 3.00. The summed E-state index contributed by atoms with van der Waals surface area (Å²) < 4.78 is 0. The van der Waals surface area contributed by atoms with Crippen LogP contribution in [0.15, 0.2) is 24.3 Å². The number of amides is 3. The molecule has 0 aromatic heterocycles. The van der Waals surface area contributed by atoms with E-state index in [-0.39, 0.29) is 30.7 Å². The first-order valence-corrected chi connectivity index (χ1v) is 7.45. The highest BCUT2D eigenvalue weighted by Gasteiger charge is 2.18. The molecule has 3 amide bonds. The Balaban J connectivity index is 1.76. The Morgan fingerprint density at radius 1 is 1.09 bits per heavy atom. The molecule has 6 heteroatoms. The van der Waals surface area contributed by atoms with E-state index in [1.807, 2.05) is 0 Å². The van der Waals surface area contributed by atoms with Gasteiger partial charge in [0.2, 0.25) is 17.7 Å².